The van der Waals surface area contributed by atoms with Crippen molar-refractivity contribution >= 4 is 32.7 Å². The number of hydrogen-bond donors (Lipinski definition) is 0. The van der Waals surface area contributed by atoms with Crippen LogP contribution in [-0.4, -0.2) is 9.30 Å². The molecule has 0 N–H and O–H groups in total. The van der Waals surface area contributed by atoms with E-state index in [1.807, 2.05) is 84.9 Å². The summed E-state index contributed by atoms with van der Waals surface area (Å²) in [5.41, 5.74) is 4.82. The number of hydrogen-bond acceptors (Lipinski definition) is 2. The van der Waals surface area contributed by atoms with E-state index in [0.717, 1.165) is 32.9 Å². The Kier molecular flexibility index (Phi) is 4.69. The lowest BCUT2D eigenvalue weighted by atomic mass is 10.1. The van der Waals surface area contributed by atoms with Gasteiger partial charge in [-0.2, -0.15) is 0 Å². The molecule has 0 aliphatic carbocycles. The minimum absolute atomic E-state index is 0.136. The van der Waals surface area contributed by atoms with E-state index in [2.05, 4.69) is 28.8 Å². The summed E-state index contributed by atoms with van der Waals surface area (Å²) in [6, 6.07) is 36.4. The highest BCUT2D eigenvalue weighted by Crippen LogP contribution is 2.32. The Labute approximate surface area is 190 Å². The van der Waals surface area contributed by atoms with Crippen molar-refractivity contribution in [2.75, 3.05) is 0 Å². The molecule has 0 spiro atoms. The minimum atomic E-state index is -0.136. The first-order valence-corrected chi connectivity index (χ1v) is 11.1. The number of pyridine rings is 1. The van der Waals surface area contributed by atoms with Gasteiger partial charge in [0.15, 0.2) is 0 Å². The SMILES string of the molecule is O=c1c2c3ccccc3n(Cc3ccccc3)c2c2ccccc2n1OCc1ccccc1. The first-order chi connectivity index (χ1) is 16.3. The Morgan fingerprint density at radius 2 is 1.18 bits per heavy atom. The van der Waals surface area contributed by atoms with Gasteiger partial charge in [-0.05, 0) is 23.3 Å². The van der Waals surface area contributed by atoms with Crippen molar-refractivity contribution in [3.8, 4) is 0 Å². The zero-order valence-corrected chi connectivity index (χ0v) is 18.0. The summed E-state index contributed by atoms with van der Waals surface area (Å²) < 4.78 is 3.72. The van der Waals surface area contributed by atoms with Crippen molar-refractivity contribution in [1.82, 2.24) is 9.30 Å². The Bertz CT molecular complexity index is 1650. The van der Waals surface area contributed by atoms with Crippen LogP contribution >= 0.6 is 0 Å². The topological polar surface area (TPSA) is 36.2 Å². The van der Waals surface area contributed by atoms with Gasteiger partial charge < -0.3 is 9.40 Å². The van der Waals surface area contributed by atoms with Crippen LogP contribution in [-0.2, 0) is 13.2 Å². The van der Waals surface area contributed by atoms with Crippen LogP contribution in [0.5, 0.6) is 0 Å². The molecule has 0 saturated heterocycles. The van der Waals surface area contributed by atoms with Gasteiger partial charge in [-0.25, -0.2) is 0 Å². The normalized spacial score (nSPS) is 11.4. The lowest BCUT2D eigenvalue weighted by Crippen LogP contribution is -2.27. The van der Waals surface area contributed by atoms with Crippen LogP contribution < -0.4 is 10.4 Å². The molecule has 33 heavy (non-hydrogen) atoms. The van der Waals surface area contributed by atoms with Gasteiger partial charge in [-0.15, -0.1) is 4.73 Å². The smallest absolute Gasteiger partial charge is 0.293 e. The molecule has 0 amide bonds. The van der Waals surface area contributed by atoms with Crippen LogP contribution in [0.15, 0.2) is 114 Å². The minimum Gasteiger partial charge on any atom is -0.405 e. The van der Waals surface area contributed by atoms with Crippen LogP contribution in [0.25, 0.3) is 32.7 Å². The number of rotatable bonds is 5. The van der Waals surface area contributed by atoms with E-state index in [-0.39, 0.29) is 5.56 Å². The van der Waals surface area contributed by atoms with Gasteiger partial charge in [0.05, 0.1) is 16.4 Å². The Morgan fingerprint density at radius 3 is 1.91 bits per heavy atom. The third-order valence-corrected chi connectivity index (χ3v) is 6.13. The molecule has 0 aliphatic heterocycles. The summed E-state index contributed by atoms with van der Waals surface area (Å²) >= 11 is 0. The number of fused-ring (bicyclic) bond motifs is 5. The summed E-state index contributed by atoms with van der Waals surface area (Å²) in [4.78, 5) is 20.0. The van der Waals surface area contributed by atoms with Crippen molar-refractivity contribution in [1.29, 1.82) is 0 Å². The largest absolute Gasteiger partial charge is 0.405 e. The van der Waals surface area contributed by atoms with E-state index in [4.69, 9.17) is 4.84 Å². The summed E-state index contributed by atoms with van der Waals surface area (Å²) in [5, 5.41) is 2.62. The monoisotopic (exact) mass is 430 g/mol. The number of nitrogens with zero attached hydrogens (tertiary/aromatic N) is 2. The zero-order valence-electron chi connectivity index (χ0n) is 18.0. The summed E-state index contributed by atoms with van der Waals surface area (Å²) in [6.07, 6.45) is 0. The average molecular weight is 431 g/mol. The molecule has 0 saturated carbocycles. The molecule has 0 fully saturated rings. The van der Waals surface area contributed by atoms with Crippen molar-refractivity contribution in [3.05, 3.63) is 131 Å². The lowest BCUT2D eigenvalue weighted by molar-refractivity contribution is 0.100. The highest BCUT2D eigenvalue weighted by Gasteiger charge is 2.20. The van der Waals surface area contributed by atoms with E-state index >= 15 is 0 Å². The predicted octanol–water partition coefficient (Wildman–Crippen LogP) is 5.79. The molecule has 0 aliphatic rings. The van der Waals surface area contributed by atoms with E-state index < -0.39 is 0 Å². The molecule has 0 bridgehead atoms. The van der Waals surface area contributed by atoms with Crippen LogP contribution in [0.3, 0.4) is 0 Å². The van der Waals surface area contributed by atoms with Gasteiger partial charge >= 0.3 is 0 Å². The second-order valence-corrected chi connectivity index (χ2v) is 8.19. The maximum absolute atomic E-state index is 13.9. The Balaban J connectivity index is 1.64. The third-order valence-electron chi connectivity index (χ3n) is 6.13. The van der Waals surface area contributed by atoms with Crippen molar-refractivity contribution < 1.29 is 4.84 Å². The molecule has 0 atom stereocenters. The zero-order chi connectivity index (χ0) is 22.2. The van der Waals surface area contributed by atoms with E-state index in [0.29, 0.717) is 18.5 Å². The Morgan fingerprint density at radius 1 is 0.606 bits per heavy atom. The fourth-order valence-electron chi connectivity index (χ4n) is 4.63. The molecule has 4 nitrogen and oxygen atoms in total. The molecular formula is C29H22N2O2. The van der Waals surface area contributed by atoms with Crippen molar-refractivity contribution in [3.63, 3.8) is 0 Å². The van der Waals surface area contributed by atoms with Gasteiger partial charge in [0.25, 0.3) is 5.56 Å². The summed E-state index contributed by atoms with van der Waals surface area (Å²) in [5.74, 6) is 0. The van der Waals surface area contributed by atoms with Gasteiger partial charge in [0.2, 0.25) is 0 Å². The molecular weight excluding hydrogens is 408 g/mol. The molecule has 6 aromatic rings. The van der Waals surface area contributed by atoms with Gasteiger partial charge in [0.1, 0.15) is 6.61 Å². The lowest BCUT2D eigenvalue weighted by Gasteiger charge is -2.14. The highest BCUT2D eigenvalue weighted by atomic mass is 16.7. The fourth-order valence-corrected chi connectivity index (χ4v) is 4.63. The van der Waals surface area contributed by atoms with Crippen molar-refractivity contribution in [2.24, 2.45) is 0 Å². The molecule has 4 heteroatoms. The second kappa shape index (κ2) is 7.99. The first-order valence-electron chi connectivity index (χ1n) is 11.1. The van der Waals surface area contributed by atoms with Gasteiger partial charge in [-0.1, -0.05) is 97.1 Å². The number of aromatic nitrogens is 2. The highest BCUT2D eigenvalue weighted by molar-refractivity contribution is 6.16. The number of benzene rings is 4. The standard InChI is InChI=1S/C29H22N2O2/c32-29-27-23-15-7-9-17-25(23)30(19-21-11-3-1-4-12-21)28(27)24-16-8-10-18-26(24)31(29)33-20-22-13-5-2-6-14-22/h1-18H,19-20H2. The van der Waals surface area contributed by atoms with Crippen LogP contribution in [0.1, 0.15) is 11.1 Å². The molecule has 6 rings (SSSR count). The maximum atomic E-state index is 13.9. The van der Waals surface area contributed by atoms with Crippen LogP contribution in [0.4, 0.5) is 0 Å². The number of para-hydroxylation sites is 2. The first kappa shape index (κ1) is 19.4. The van der Waals surface area contributed by atoms with E-state index in [1.54, 1.807) is 0 Å². The van der Waals surface area contributed by atoms with Crippen molar-refractivity contribution in [2.45, 2.75) is 13.2 Å². The second-order valence-electron chi connectivity index (χ2n) is 8.19. The summed E-state index contributed by atoms with van der Waals surface area (Å²) in [6.45, 7) is 1.00. The molecule has 0 unspecified atom stereocenters. The Hall–Kier alpha value is -4.31. The summed E-state index contributed by atoms with van der Waals surface area (Å²) in [7, 11) is 0. The molecule has 0 radical (unpaired) electrons. The average Bonchev–Trinajstić information content (AvgIpc) is 3.20. The quantitative estimate of drug-likeness (QED) is 0.347. The predicted molar refractivity (Wildman–Crippen MR) is 133 cm³/mol. The maximum Gasteiger partial charge on any atom is 0.293 e. The van der Waals surface area contributed by atoms with Crippen LogP contribution in [0.2, 0.25) is 0 Å². The van der Waals surface area contributed by atoms with Crippen LogP contribution in [0, 0.1) is 0 Å². The third kappa shape index (κ3) is 3.28. The molecule has 2 aromatic heterocycles. The van der Waals surface area contributed by atoms with Gasteiger partial charge in [-0.3, -0.25) is 4.79 Å². The molecule has 160 valence electrons. The van der Waals surface area contributed by atoms with E-state index in [1.165, 1.54) is 10.3 Å². The molecule has 2 heterocycles. The molecule has 4 aromatic carbocycles. The van der Waals surface area contributed by atoms with E-state index in [9.17, 15) is 4.79 Å². The fraction of sp³-hybridized carbons (Fsp3) is 0.0690. The van der Waals surface area contributed by atoms with Gasteiger partial charge in [0, 0.05) is 22.8 Å².